The van der Waals surface area contributed by atoms with Crippen LogP contribution >= 0.6 is 11.8 Å². The number of aromatic nitrogens is 3. The topological polar surface area (TPSA) is 102 Å². The van der Waals surface area contributed by atoms with E-state index in [1.807, 2.05) is 52.9 Å². The number of carbonyl (C=O) groups excluding carboxylic acids is 1. The molecule has 5 aromatic rings. The highest BCUT2D eigenvalue weighted by molar-refractivity contribution is 7.99. The molecule has 0 aliphatic carbocycles. The minimum absolute atomic E-state index is 0.0294. The lowest BCUT2D eigenvalue weighted by Crippen LogP contribution is -2.15. The molecule has 0 spiro atoms. The Bertz CT molecular complexity index is 1530. The molecule has 0 fully saturated rings. The summed E-state index contributed by atoms with van der Waals surface area (Å²) in [5.41, 5.74) is 4.17. The Morgan fingerprint density at radius 3 is 2.59 bits per heavy atom. The number of nitrogens with zero attached hydrogens (tertiary/aromatic N) is 4. The monoisotopic (exact) mass is 443 g/mol. The van der Waals surface area contributed by atoms with E-state index < -0.39 is 4.92 Å². The average Bonchev–Trinajstić information content (AvgIpc) is 3.19. The summed E-state index contributed by atoms with van der Waals surface area (Å²) in [6.45, 7) is 1.62. The number of anilines is 1. The summed E-state index contributed by atoms with van der Waals surface area (Å²) in [5, 5.41) is 15.5. The number of para-hydroxylation sites is 3. The van der Waals surface area contributed by atoms with Gasteiger partial charge in [0.15, 0.2) is 5.16 Å². The van der Waals surface area contributed by atoms with E-state index in [4.69, 9.17) is 9.97 Å². The van der Waals surface area contributed by atoms with Gasteiger partial charge in [-0.1, -0.05) is 42.1 Å². The summed E-state index contributed by atoms with van der Waals surface area (Å²) in [6.07, 6.45) is 0. The van der Waals surface area contributed by atoms with Gasteiger partial charge in [0.25, 0.3) is 5.69 Å². The highest BCUT2D eigenvalue weighted by Gasteiger charge is 2.17. The van der Waals surface area contributed by atoms with Gasteiger partial charge in [0.1, 0.15) is 5.65 Å². The van der Waals surface area contributed by atoms with Crippen molar-refractivity contribution in [3.8, 4) is 0 Å². The zero-order chi connectivity index (χ0) is 22.2. The second-order valence-corrected chi connectivity index (χ2v) is 8.16. The molecule has 1 N–H and O–H groups in total. The third-order valence-electron chi connectivity index (χ3n) is 5.22. The molecular weight excluding hydrogens is 426 g/mol. The lowest BCUT2D eigenvalue weighted by molar-refractivity contribution is -0.385. The van der Waals surface area contributed by atoms with Crippen molar-refractivity contribution in [3.63, 3.8) is 0 Å². The zero-order valence-electron chi connectivity index (χ0n) is 17.0. The average molecular weight is 443 g/mol. The van der Waals surface area contributed by atoms with Crippen molar-refractivity contribution < 1.29 is 9.72 Å². The zero-order valence-corrected chi connectivity index (χ0v) is 17.8. The minimum Gasteiger partial charge on any atom is -0.325 e. The van der Waals surface area contributed by atoms with Crippen molar-refractivity contribution in [2.75, 3.05) is 11.1 Å². The normalized spacial score (nSPS) is 11.3. The number of imidazole rings is 1. The Balaban J connectivity index is 1.48. The predicted octanol–water partition coefficient (Wildman–Crippen LogP) is 4.98. The lowest BCUT2D eigenvalue weighted by Gasteiger charge is -2.10. The number of nitro groups is 1. The van der Waals surface area contributed by atoms with Gasteiger partial charge in [0.05, 0.1) is 38.5 Å². The molecule has 2 heterocycles. The smallest absolute Gasteiger partial charge is 0.274 e. The highest BCUT2D eigenvalue weighted by atomic mass is 32.2. The fraction of sp³-hybridized carbons (Fsp3) is 0.0870. The van der Waals surface area contributed by atoms with Gasteiger partial charge in [-0.2, -0.15) is 0 Å². The first-order valence-corrected chi connectivity index (χ1v) is 10.8. The molecule has 0 aliphatic rings. The number of carbonyl (C=O) groups is 1. The summed E-state index contributed by atoms with van der Waals surface area (Å²) in [6, 6.07) is 20.2. The molecule has 0 aliphatic heterocycles. The Kier molecular flexibility index (Phi) is 4.95. The van der Waals surface area contributed by atoms with Crippen LogP contribution in [0.1, 0.15) is 5.56 Å². The number of rotatable bonds is 5. The molecule has 0 bridgehead atoms. The third kappa shape index (κ3) is 3.42. The van der Waals surface area contributed by atoms with Crippen LogP contribution in [0.2, 0.25) is 0 Å². The number of thioether (sulfide) groups is 1. The van der Waals surface area contributed by atoms with Gasteiger partial charge >= 0.3 is 0 Å². The maximum absolute atomic E-state index is 12.7. The van der Waals surface area contributed by atoms with Gasteiger partial charge in [-0.15, -0.1) is 0 Å². The molecule has 0 radical (unpaired) electrons. The van der Waals surface area contributed by atoms with Gasteiger partial charge in [-0.3, -0.25) is 19.3 Å². The predicted molar refractivity (Wildman–Crippen MR) is 125 cm³/mol. The van der Waals surface area contributed by atoms with E-state index in [9.17, 15) is 14.9 Å². The van der Waals surface area contributed by atoms with Crippen molar-refractivity contribution in [3.05, 3.63) is 82.4 Å². The Hall–Kier alpha value is -3.98. The minimum atomic E-state index is -0.459. The third-order valence-corrected chi connectivity index (χ3v) is 6.16. The van der Waals surface area contributed by atoms with Crippen molar-refractivity contribution in [1.29, 1.82) is 0 Å². The number of benzene rings is 3. The van der Waals surface area contributed by atoms with E-state index in [2.05, 4.69) is 5.32 Å². The molecule has 1 amide bonds. The summed E-state index contributed by atoms with van der Waals surface area (Å²) < 4.78 is 1.97. The first-order chi connectivity index (χ1) is 15.5. The van der Waals surface area contributed by atoms with Crippen LogP contribution in [0.3, 0.4) is 0 Å². The fourth-order valence-electron chi connectivity index (χ4n) is 3.68. The number of fused-ring (bicyclic) bond motifs is 5. The molecule has 8 nitrogen and oxygen atoms in total. The molecule has 32 heavy (non-hydrogen) atoms. The molecule has 5 rings (SSSR count). The molecule has 158 valence electrons. The molecule has 3 aromatic carbocycles. The molecule has 0 saturated heterocycles. The number of amides is 1. The van der Waals surface area contributed by atoms with E-state index in [0.717, 1.165) is 27.6 Å². The van der Waals surface area contributed by atoms with Crippen LogP contribution in [-0.2, 0) is 4.79 Å². The van der Waals surface area contributed by atoms with Gasteiger partial charge < -0.3 is 5.32 Å². The summed E-state index contributed by atoms with van der Waals surface area (Å²) in [7, 11) is 0. The largest absolute Gasteiger partial charge is 0.325 e. The summed E-state index contributed by atoms with van der Waals surface area (Å²) in [5.74, 6) is -0.180. The molecule has 9 heteroatoms. The number of nitrogens with one attached hydrogen (secondary N) is 1. The number of nitro benzene ring substituents is 1. The van der Waals surface area contributed by atoms with Crippen molar-refractivity contribution in [2.24, 2.45) is 0 Å². The molecule has 0 atom stereocenters. The first-order valence-electron chi connectivity index (χ1n) is 9.85. The Labute approximate surface area is 186 Å². The van der Waals surface area contributed by atoms with Crippen LogP contribution in [0.4, 0.5) is 11.4 Å². The molecular formula is C23H17N5O3S. The molecule has 0 saturated carbocycles. The second kappa shape index (κ2) is 7.93. The highest BCUT2D eigenvalue weighted by Crippen LogP contribution is 2.29. The van der Waals surface area contributed by atoms with Crippen molar-refractivity contribution in [1.82, 2.24) is 14.4 Å². The second-order valence-electron chi connectivity index (χ2n) is 7.21. The van der Waals surface area contributed by atoms with Gasteiger partial charge in [0, 0.05) is 11.5 Å². The van der Waals surface area contributed by atoms with Gasteiger partial charge in [-0.25, -0.2) is 9.97 Å². The number of hydrogen-bond acceptors (Lipinski definition) is 6. The number of hydrogen-bond donors (Lipinski definition) is 1. The van der Waals surface area contributed by atoms with Crippen molar-refractivity contribution >= 4 is 56.6 Å². The standard InChI is InChI=1S/C23H17N5O3S/c1-14-16(10-6-12-19(14)28(30)31)24-21(29)13-32-23-26-17-8-3-2-7-15(17)22-25-18-9-4-5-11-20(18)27(22)23/h2-12H,13H2,1H3,(H,24,29). The maximum atomic E-state index is 12.7. The van der Waals surface area contributed by atoms with Crippen LogP contribution in [0.5, 0.6) is 0 Å². The first kappa shape index (κ1) is 20.0. The van der Waals surface area contributed by atoms with Crippen LogP contribution in [-0.4, -0.2) is 31.0 Å². The van der Waals surface area contributed by atoms with E-state index in [-0.39, 0.29) is 17.3 Å². The summed E-state index contributed by atoms with van der Waals surface area (Å²) >= 11 is 1.29. The lowest BCUT2D eigenvalue weighted by atomic mass is 10.1. The van der Waals surface area contributed by atoms with Crippen LogP contribution < -0.4 is 5.32 Å². The van der Waals surface area contributed by atoms with E-state index in [1.54, 1.807) is 19.1 Å². The van der Waals surface area contributed by atoms with E-state index >= 15 is 0 Å². The van der Waals surface area contributed by atoms with Crippen LogP contribution in [0.25, 0.3) is 27.6 Å². The van der Waals surface area contributed by atoms with Crippen LogP contribution in [0.15, 0.2) is 71.9 Å². The van der Waals surface area contributed by atoms with Gasteiger partial charge in [0.2, 0.25) is 5.91 Å². The van der Waals surface area contributed by atoms with E-state index in [0.29, 0.717) is 16.4 Å². The SMILES string of the molecule is Cc1c(NC(=O)CSc2nc3ccccc3c3nc4ccccc4n23)cccc1[N+](=O)[O-]. The fourth-order valence-corrected chi connectivity index (χ4v) is 4.49. The maximum Gasteiger partial charge on any atom is 0.274 e. The molecule has 2 aromatic heterocycles. The summed E-state index contributed by atoms with van der Waals surface area (Å²) in [4.78, 5) is 32.9. The van der Waals surface area contributed by atoms with Gasteiger partial charge in [-0.05, 0) is 37.3 Å². The van der Waals surface area contributed by atoms with Crippen molar-refractivity contribution in [2.45, 2.75) is 12.1 Å². The Morgan fingerprint density at radius 2 is 1.78 bits per heavy atom. The molecule has 0 unspecified atom stereocenters. The van der Waals surface area contributed by atoms with E-state index in [1.165, 1.54) is 17.8 Å². The van der Waals surface area contributed by atoms with Crippen LogP contribution in [0, 0.1) is 17.0 Å². The quantitative estimate of drug-likeness (QED) is 0.178. The Morgan fingerprint density at radius 1 is 1.03 bits per heavy atom.